The second-order valence-corrected chi connectivity index (χ2v) is 11.1. The van der Waals surface area contributed by atoms with E-state index in [1.54, 1.807) is 30.5 Å². The van der Waals surface area contributed by atoms with Crippen molar-refractivity contribution in [2.75, 3.05) is 0 Å². The van der Waals surface area contributed by atoms with Gasteiger partial charge >= 0.3 is 0 Å². The Balaban J connectivity index is 1.33. The zero-order valence-electron chi connectivity index (χ0n) is 20.2. The van der Waals surface area contributed by atoms with Crippen molar-refractivity contribution in [1.29, 1.82) is 0 Å². The van der Waals surface area contributed by atoms with E-state index in [9.17, 15) is 8.42 Å². The lowest BCUT2D eigenvalue weighted by Gasteiger charge is -2.32. The highest BCUT2D eigenvalue weighted by Crippen LogP contribution is 2.38. The fourth-order valence-corrected chi connectivity index (χ4v) is 5.94. The molecule has 3 aliphatic rings. The Morgan fingerprint density at radius 3 is 2.41 bits per heavy atom. The maximum atomic E-state index is 12.6. The first-order valence-corrected chi connectivity index (χ1v) is 13.9. The largest absolute Gasteiger partial charge is 0.367 e. The molecule has 8 heteroatoms. The first-order chi connectivity index (χ1) is 18.1. The highest BCUT2D eigenvalue weighted by atomic mass is 32.2. The summed E-state index contributed by atoms with van der Waals surface area (Å²) in [4.78, 5) is 14.6. The number of rotatable bonds is 7. The van der Waals surface area contributed by atoms with Crippen LogP contribution in [0.5, 0.6) is 0 Å². The van der Waals surface area contributed by atoms with Gasteiger partial charge in [0, 0.05) is 23.7 Å². The van der Waals surface area contributed by atoms with Crippen LogP contribution >= 0.6 is 0 Å². The standard InChI is InChI=1S/C29H27N5O2S/c35-37(36,34-22-14-15-22)24-16-12-21(13-17-24)28-32-26-11-6-10-25(20-7-2-1-3-8-20)27(26)29(33-28)31-19-23-9-4-5-18-30-23/h1-13,16-18,22,25,27,34H,14-15,19H2,(H,31,32,33). The summed E-state index contributed by atoms with van der Waals surface area (Å²) in [5, 5.41) is 3.53. The SMILES string of the molecule is O=S(=O)(NC1CC1)c1ccc(C2=NC3=CC=CC(c4ccccc4)C3C(NCc3ccccn3)=N2)cc1. The molecule has 37 heavy (non-hydrogen) atoms. The maximum absolute atomic E-state index is 12.6. The molecule has 1 saturated carbocycles. The van der Waals surface area contributed by atoms with Crippen LogP contribution in [0.1, 0.15) is 35.6 Å². The fraction of sp³-hybridized carbons (Fsp3) is 0.207. The van der Waals surface area contributed by atoms with Gasteiger partial charge in [0.05, 0.1) is 28.7 Å². The third-order valence-corrected chi connectivity index (χ3v) is 8.24. The van der Waals surface area contributed by atoms with Crippen LogP contribution in [0.15, 0.2) is 118 Å². The summed E-state index contributed by atoms with van der Waals surface area (Å²) in [6.07, 6.45) is 9.83. The summed E-state index contributed by atoms with van der Waals surface area (Å²) in [5.41, 5.74) is 3.78. The smallest absolute Gasteiger partial charge is 0.240 e. The molecule has 0 amide bonds. The summed E-state index contributed by atoms with van der Waals surface area (Å²) in [6, 6.07) is 23.0. The van der Waals surface area contributed by atoms with Gasteiger partial charge in [0.25, 0.3) is 0 Å². The average Bonchev–Trinajstić information content (AvgIpc) is 3.75. The van der Waals surface area contributed by atoms with Crippen molar-refractivity contribution >= 4 is 21.7 Å². The van der Waals surface area contributed by atoms with Crippen molar-refractivity contribution < 1.29 is 8.42 Å². The number of hydrogen-bond acceptors (Lipinski definition) is 6. The maximum Gasteiger partial charge on any atom is 0.240 e. The number of pyridine rings is 1. The molecule has 1 aromatic heterocycles. The molecule has 0 spiro atoms. The van der Waals surface area contributed by atoms with Gasteiger partial charge in [0.1, 0.15) is 5.84 Å². The minimum Gasteiger partial charge on any atom is -0.367 e. The summed E-state index contributed by atoms with van der Waals surface area (Å²) in [6.45, 7) is 0.534. The van der Waals surface area contributed by atoms with Gasteiger partial charge in [-0.25, -0.2) is 23.1 Å². The van der Waals surface area contributed by atoms with Gasteiger partial charge in [-0.3, -0.25) is 4.98 Å². The van der Waals surface area contributed by atoms with E-state index in [0.717, 1.165) is 35.6 Å². The van der Waals surface area contributed by atoms with Crippen LogP contribution in [-0.2, 0) is 16.6 Å². The lowest BCUT2D eigenvalue weighted by Crippen LogP contribution is -2.38. The predicted molar refractivity (Wildman–Crippen MR) is 145 cm³/mol. The number of amidine groups is 2. The van der Waals surface area contributed by atoms with E-state index in [1.165, 1.54) is 5.56 Å². The van der Waals surface area contributed by atoms with Crippen molar-refractivity contribution in [3.05, 3.63) is 120 Å². The number of hydrogen-bond donors (Lipinski definition) is 2. The van der Waals surface area contributed by atoms with Crippen molar-refractivity contribution in [1.82, 2.24) is 15.0 Å². The van der Waals surface area contributed by atoms with Crippen LogP contribution in [-0.4, -0.2) is 31.1 Å². The highest BCUT2D eigenvalue weighted by Gasteiger charge is 2.34. The number of benzene rings is 2. The number of aliphatic imine (C=N–C) groups is 2. The molecule has 3 aromatic rings. The Morgan fingerprint density at radius 2 is 1.68 bits per heavy atom. The van der Waals surface area contributed by atoms with Crippen LogP contribution in [0.25, 0.3) is 0 Å². The first-order valence-electron chi connectivity index (χ1n) is 12.4. The van der Waals surface area contributed by atoms with E-state index in [1.807, 2.05) is 48.6 Å². The third-order valence-electron chi connectivity index (χ3n) is 6.70. The lowest BCUT2D eigenvalue weighted by molar-refractivity contribution is 0.581. The van der Waals surface area contributed by atoms with E-state index in [4.69, 9.17) is 9.98 Å². The van der Waals surface area contributed by atoms with Crippen molar-refractivity contribution in [3.8, 4) is 0 Å². The topological polar surface area (TPSA) is 95.8 Å². The Bertz CT molecular complexity index is 1510. The number of sulfonamides is 1. The number of allylic oxidation sites excluding steroid dienone is 3. The first kappa shape index (κ1) is 23.5. The number of nitrogens with zero attached hydrogens (tertiary/aromatic N) is 3. The van der Waals surface area contributed by atoms with E-state index in [2.05, 4.69) is 33.2 Å². The fourth-order valence-electron chi connectivity index (χ4n) is 4.63. The Kier molecular flexibility index (Phi) is 6.28. The van der Waals surface area contributed by atoms with E-state index >= 15 is 0 Å². The van der Waals surface area contributed by atoms with Crippen LogP contribution in [0.4, 0.5) is 0 Å². The number of aromatic nitrogens is 1. The lowest BCUT2D eigenvalue weighted by atomic mass is 9.79. The Hall–Kier alpha value is -3.88. The van der Waals surface area contributed by atoms with E-state index in [0.29, 0.717) is 12.4 Å². The van der Waals surface area contributed by atoms with E-state index < -0.39 is 10.0 Å². The molecule has 0 radical (unpaired) electrons. The van der Waals surface area contributed by atoms with Crippen molar-refractivity contribution in [2.45, 2.75) is 36.2 Å². The quantitative estimate of drug-likeness (QED) is 0.496. The molecule has 2 aliphatic carbocycles. The molecule has 6 rings (SSSR count). The highest BCUT2D eigenvalue weighted by molar-refractivity contribution is 7.89. The predicted octanol–water partition coefficient (Wildman–Crippen LogP) is 4.32. The van der Waals surface area contributed by atoms with Gasteiger partial charge in [-0.15, -0.1) is 0 Å². The molecule has 1 aliphatic heterocycles. The van der Waals surface area contributed by atoms with Crippen LogP contribution < -0.4 is 10.0 Å². The summed E-state index contributed by atoms with van der Waals surface area (Å²) in [7, 11) is -3.52. The molecule has 0 bridgehead atoms. The van der Waals surface area contributed by atoms with Gasteiger partial charge in [-0.05, 0) is 60.9 Å². The molecule has 7 nitrogen and oxygen atoms in total. The van der Waals surface area contributed by atoms with Gasteiger partial charge in [0.15, 0.2) is 5.84 Å². The van der Waals surface area contributed by atoms with Crippen LogP contribution in [0, 0.1) is 5.92 Å². The van der Waals surface area contributed by atoms with Gasteiger partial charge in [-0.1, -0.05) is 48.6 Å². The normalized spacial score (nSPS) is 20.9. The molecular formula is C29H27N5O2S. The third kappa shape index (κ3) is 5.16. The zero-order chi connectivity index (χ0) is 25.2. The molecule has 2 unspecified atom stereocenters. The second-order valence-electron chi connectivity index (χ2n) is 9.42. The van der Waals surface area contributed by atoms with Crippen LogP contribution in [0.3, 0.4) is 0 Å². The molecular weight excluding hydrogens is 482 g/mol. The number of nitrogens with one attached hydrogen (secondary N) is 2. The number of fused-ring (bicyclic) bond motifs is 1. The zero-order valence-corrected chi connectivity index (χ0v) is 21.0. The van der Waals surface area contributed by atoms with Gasteiger partial charge < -0.3 is 5.32 Å². The second kappa shape index (κ2) is 9.88. The molecule has 2 N–H and O–H groups in total. The molecule has 2 aromatic carbocycles. The van der Waals surface area contributed by atoms with Gasteiger partial charge in [-0.2, -0.15) is 0 Å². The van der Waals surface area contributed by atoms with Gasteiger partial charge in [0.2, 0.25) is 10.0 Å². The summed E-state index contributed by atoms with van der Waals surface area (Å²) >= 11 is 0. The monoisotopic (exact) mass is 509 g/mol. The molecule has 2 heterocycles. The van der Waals surface area contributed by atoms with Crippen LogP contribution in [0.2, 0.25) is 0 Å². The molecule has 1 fully saturated rings. The summed E-state index contributed by atoms with van der Waals surface area (Å²) in [5.74, 6) is 1.38. The molecule has 186 valence electrons. The van der Waals surface area contributed by atoms with E-state index in [-0.39, 0.29) is 22.8 Å². The average molecular weight is 510 g/mol. The Morgan fingerprint density at radius 1 is 0.892 bits per heavy atom. The van der Waals surface area contributed by atoms with Crippen molar-refractivity contribution in [2.24, 2.45) is 15.9 Å². The minimum absolute atomic E-state index is 0.0607. The van der Waals surface area contributed by atoms with Crippen molar-refractivity contribution in [3.63, 3.8) is 0 Å². The minimum atomic E-state index is -3.52. The Labute approximate surface area is 216 Å². The molecule has 0 saturated heterocycles. The molecule has 2 atom stereocenters. The summed E-state index contributed by atoms with van der Waals surface area (Å²) < 4.78 is 27.9.